The number of pyridine rings is 1. The Kier molecular flexibility index (Phi) is 9.27. The van der Waals surface area contributed by atoms with Crippen molar-refractivity contribution < 1.29 is 22.6 Å². The van der Waals surface area contributed by atoms with Gasteiger partial charge in [-0.05, 0) is 86.7 Å². The highest BCUT2D eigenvalue weighted by Crippen LogP contribution is 2.40. The van der Waals surface area contributed by atoms with E-state index in [2.05, 4.69) is 4.98 Å². The highest BCUT2D eigenvalue weighted by Gasteiger charge is 2.30. The van der Waals surface area contributed by atoms with Gasteiger partial charge in [0.15, 0.2) is 0 Å². The predicted molar refractivity (Wildman–Crippen MR) is 152 cm³/mol. The molecule has 0 amide bonds. The first-order chi connectivity index (χ1) is 18.4. The maximum absolute atomic E-state index is 13.0. The minimum atomic E-state index is -4.37. The lowest BCUT2D eigenvalue weighted by atomic mass is 10.0. The van der Waals surface area contributed by atoms with Gasteiger partial charge in [0.1, 0.15) is 16.4 Å². The van der Waals surface area contributed by atoms with E-state index in [0.717, 1.165) is 38.6 Å². The van der Waals surface area contributed by atoms with Crippen LogP contribution < -0.4 is 4.74 Å². The van der Waals surface area contributed by atoms with Crippen molar-refractivity contribution in [3.8, 4) is 16.2 Å². The van der Waals surface area contributed by atoms with E-state index in [1.54, 1.807) is 12.4 Å². The third kappa shape index (κ3) is 7.98. The van der Waals surface area contributed by atoms with E-state index >= 15 is 0 Å². The largest absolute Gasteiger partial charge is 0.487 e. The molecule has 0 saturated carbocycles. The molecule has 0 aliphatic rings. The summed E-state index contributed by atoms with van der Waals surface area (Å²) in [5, 5.41) is 0.818. The van der Waals surface area contributed by atoms with E-state index in [4.69, 9.17) is 32.7 Å². The van der Waals surface area contributed by atoms with Gasteiger partial charge in [-0.2, -0.15) is 13.2 Å². The molecular weight excluding hydrogens is 566 g/mol. The molecule has 9 heteroatoms. The average Bonchev–Trinajstić information content (AvgIpc) is 3.37. The smallest absolute Gasteiger partial charge is 0.416 e. The van der Waals surface area contributed by atoms with Crippen LogP contribution in [0.25, 0.3) is 10.4 Å². The number of nitrogens with zero attached hydrogens (tertiary/aromatic N) is 1. The van der Waals surface area contributed by atoms with Gasteiger partial charge >= 0.3 is 6.18 Å². The Morgan fingerprint density at radius 3 is 2.31 bits per heavy atom. The van der Waals surface area contributed by atoms with E-state index in [1.165, 1.54) is 23.5 Å². The van der Waals surface area contributed by atoms with E-state index in [-0.39, 0.29) is 6.10 Å². The Morgan fingerprint density at radius 1 is 0.923 bits per heavy atom. The van der Waals surface area contributed by atoms with Crippen LogP contribution in [0.4, 0.5) is 13.2 Å². The fourth-order valence-corrected chi connectivity index (χ4v) is 5.52. The quantitative estimate of drug-likeness (QED) is 0.193. The summed E-state index contributed by atoms with van der Waals surface area (Å²) in [7, 11) is 0. The predicted octanol–water partition coefficient (Wildman–Crippen LogP) is 10.2. The van der Waals surface area contributed by atoms with Gasteiger partial charge in [-0.15, -0.1) is 11.3 Å². The van der Waals surface area contributed by atoms with Gasteiger partial charge in [-0.1, -0.05) is 47.5 Å². The third-order valence-corrected chi connectivity index (χ3v) is 7.96. The van der Waals surface area contributed by atoms with Gasteiger partial charge in [0, 0.05) is 22.1 Å². The molecule has 0 radical (unpaired) electrons. The molecule has 2 heterocycles. The molecule has 2 aromatic heterocycles. The van der Waals surface area contributed by atoms with Crippen molar-refractivity contribution in [2.75, 3.05) is 0 Å². The number of aryl methyl sites for hydroxylation is 1. The Hall–Kier alpha value is -2.58. The minimum absolute atomic E-state index is 0.279. The van der Waals surface area contributed by atoms with Crippen molar-refractivity contribution in [2.24, 2.45) is 0 Å². The van der Waals surface area contributed by atoms with Crippen molar-refractivity contribution in [2.45, 2.75) is 58.1 Å². The number of alkyl halides is 3. The van der Waals surface area contributed by atoms with E-state index in [9.17, 15) is 13.2 Å². The first-order valence-electron chi connectivity index (χ1n) is 12.3. The summed E-state index contributed by atoms with van der Waals surface area (Å²) in [6.45, 7) is 6.18. The molecule has 4 aromatic rings. The molecular formula is C30H28Cl2F3NO2S. The summed E-state index contributed by atoms with van der Waals surface area (Å²) < 4.78 is 51.2. The van der Waals surface area contributed by atoms with Gasteiger partial charge in [-0.3, -0.25) is 4.98 Å². The molecule has 1 unspecified atom stereocenters. The normalized spacial score (nSPS) is 12.9. The van der Waals surface area contributed by atoms with E-state index < -0.39 is 17.3 Å². The van der Waals surface area contributed by atoms with Crippen molar-refractivity contribution in [1.82, 2.24) is 4.98 Å². The maximum Gasteiger partial charge on any atom is 0.416 e. The fraction of sp³-hybridized carbons (Fsp3) is 0.300. The Labute approximate surface area is 240 Å². The number of hydrogen-bond acceptors (Lipinski definition) is 4. The number of halogens is 5. The van der Waals surface area contributed by atoms with E-state index in [0.29, 0.717) is 35.2 Å². The van der Waals surface area contributed by atoms with Crippen molar-refractivity contribution >= 4 is 34.5 Å². The second-order valence-electron chi connectivity index (χ2n) is 10.0. The number of thiophene rings is 1. The minimum Gasteiger partial charge on any atom is -0.487 e. The highest BCUT2D eigenvalue weighted by molar-refractivity contribution is 7.15. The number of ether oxygens (including phenoxy) is 2. The van der Waals surface area contributed by atoms with Crippen molar-refractivity contribution in [3.63, 3.8) is 0 Å². The highest BCUT2D eigenvalue weighted by atomic mass is 35.5. The summed E-state index contributed by atoms with van der Waals surface area (Å²) in [6.07, 6.45) is 0.0197. The first kappa shape index (κ1) is 29.4. The van der Waals surface area contributed by atoms with Crippen LogP contribution in [-0.4, -0.2) is 10.6 Å². The van der Waals surface area contributed by atoms with Gasteiger partial charge in [-0.25, -0.2) is 0 Å². The third-order valence-electron chi connectivity index (χ3n) is 5.83. The second kappa shape index (κ2) is 12.3. The first-order valence-corrected chi connectivity index (χ1v) is 13.9. The maximum atomic E-state index is 13.0. The molecule has 3 nitrogen and oxygen atoms in total. The fourth-order valence-electron chi connectivity index (χ4n) is 3.95. The van der Waals surface area contributed by atoms with Crippen molar-refractivity contribution in [1.29, 1.82) is 0 Å². The lowest BCUT2D eigenvalue weighted by Gasteiger charge is -2.23. The Bertz CT molecular complexity index is 1380. The zero-order valence-electron chi connectivity index (χ0n) is 21.7. The van der Waals surface area contributed by atoms with Crippen molar-refractivity contribution in [3.05, 3.63) is 105 Å². The zero-order chi connectivity index (χ0) is 28.2. The van der Waals surface area contributed by atoms with Crippen LogP contribution in [0.3, 0.4) is 0 Å². The molecule has 0 aliphatic heterocycles. The van der Waals surface area contributed by atoms with Gasteiger partial charge < -0.3 is 9.47 Å². The van der Waals surface area contributed by atoms with Crippen LogP contribution in [0.1, 0.15) is 54.9 Å². The molecule has 0 bridgehead atoms. The van der Waals surface area contributed by atoms with Gasteiger partial charge in [0.2, 0.25) is 0 Å². The lowest BCUT2D eigenvalue weighted by molar-refractivity contribution is -0.137. The molecule has 0 spiro atoms. The van der Waals surface area contributed by atoms with Gasteiger partial charge in [0.25, 0.3) is 0 Å². The molecule has 39 heavy (non-hydrogen) atoms. The molecule has 0 N–H and O–H groups in total. The van der Waals surface area contributed by atoms with Crippen LogP contribution in [0.5, 0.6) is 5.75 Å². The summed E-state index contributed by atoms with van der Waals surface area (Å²) in [5.41, 5.74) is 1.44. The van der Waals surface area contributed by atoms with Gasteiger partial charge in [0.05, 0.1) is 23.3 Å². The number of benzene rings is 2. The molecule has 0 fully saturated rings. The van der Waals surface area contributed by atoms with E-state index in [1.807, 2.05) is 57.2 Å². The lowest BCUT2D eigenvalue weighted by Crippen LogP contribution is -2.23. The van der Waals surface area contributed by atoms with Crippen LogP contribution in [0.2, 0.25) is 10.0 Å². The average molecular weight is 595 g/mol. The number of hydrogen-bond donors (Lipinski definition) is 0. The Morgan fingerprint density at radius 2 is 1.67 bits per heavy atom. The monoisotopic (exact) mass is 593 g/mol. The SMILES string of the molecule is CC(C)(C)Oc1ccc(CCC(OCc2cccnc2)c2ccc(-c3ccc(C(F)(F)F)cc3)s2)c(Cl)c1Cl. The Balaban J connectivity index is 1.54. The standard InChI is InChI=1S/C30H28Cl2F3NO2S/c1-29(2,3)38-24-13-9-21(27(31)28(24)32)8-12-23(37-18-19-5-4-16-36-17-19)26-15-14-25(39-26)20-6-10-22(11-7-20)30(33,34)35/h4-7,9-11,13-17,23H,8,12,18H2,1-3H3. The molecule has 206 valence electrons. The molecule has 4 rings (SSSR count). The summed E-state index contributed by atoms with van der Waals surface area (Å²) in [4.78, 5) is 5.97. The molecule has 0 aliphatic carbocycles. The zero-order valence-corrected chi connectivity index (χ0v) is 24.0. The molecule has 2 aromatic carbocycles. The van der Waals surface area contributed by atoms with Crippen LogP contribution in [0, 0.1) is 0 Å². The van der Waals surface area contributed by atoms with Crippen LogP contribution in [-0.2, 0) is 23.9 Å². The summed E-state index contributed by atoms with van der Waals surface area (Å²) in [5.74, 6) is 0.529. The topological polar surface area (TPSA) is 31.4 Å². The number of rotatable bonds is 9. The molecule has 0 saturated heterocycles. The summed E-state index contributed by atoms with van der Waals surface area (Å²) in [6, 6.07) is 16.6. The number of aromatic nitrogens is 1. The second-order valence-corrected chi connectivity index (χ2v) is 11.9. The van der Waals surface area contributed by atoms with Crippen LogP contribution >= 0.6 is 34.5 Å². The molecule has 1 atom stereocenters. The van der Waals surface area contributed by atoms with Crippen LogP contribution in [0.15, 0.2) is 73.1 Å². The summed E-state index contributed by atoms with van der Waals surface area (Å²) >= 11 is 14.6.